The van der Waals surface area contributed by atoms with E-state index in [4.69, 9.17) is 0 Å². The Morgan fingerprint density at radius 2 is 2.16 bits per heavy atom. The molecule has 25 heavy (non-hydrogen) atoms. The molecular weight excluding hydrogens is 316 g/mol. The molecule has 1 heterocycles. The fourth-order valence-corrected chi connectivity index (χ4v) is 3.28. The first-order chi connectivity index (χ1) is 11.9. The van der Waals surface area contributed by atoms with Crippen molar-refractivity contribution in [3.8, 4) is 0 Å². The van der Waals surface area contributed by atoms with Gasteiger partial charge >= 0.3 is 0 Å². The maximum absolute atomic E-state index is 12.7. The molecule has 0 spiro atoms. The van der Waals surface area contributed by atoms with Crippen LogP contribution in [-0.4, -0.2) is 47.9 Å². The van der Waals surface area contributed by atoms with Gasteiger partial charge in [0.25, 0.3) is 0 Å². The highest BCUT2D eigenvalue weighted by Crippen LogP contribution is 2.32. The number of carbonyl (C=O) groups excluding carboxylic acids is 2. The lowest BCUT2D eigenvalue weighted by Crippen LogP contribution is -2.40. The van der Waals surface area contributed by atoms with Gasteiger partial charge in [0.05, 0.1) is 17.9 Å². The summed E-state index contributed by atoms with van der Waals surface area (Å²) in [6.07, 6.45) is 4.02. The standard InChI is InChI=1S/C20H26N2O3/c1-5-16-18(20(25)22(4)6-2)15(12-23)19(21-16)17(24)11-14-9-7-8-13(3)10-14/h5,7-12,15-16,18-19,21,24H,1,6H2,2-4H3/b17-11-. The maximum Gasteiger partial charge on any atom is 0.228 e. The maximum atomic E-state index is 12.7. The van der Waals surface area contributed by atoms with Gasteiger partial charge in [-0.3, -0.25) is 10.1 Å². The van der Waals surface area contributed by atoms with Crippen LogP contribution in [0.4, 0.5) is 0 Å². The second kappa shape index (κ2) is 8.12. The molecule has 4 atom stereocenters. The first-order valence-electron chi connectivity index (χ1n) is 8.49. The van der Waals surface area contributed by atoms with Crippen molar-refractivity contribution < 1.29 is 14.7 Å². The number of carbonyl (C=O) groups is 2. The molecule has 1 amide bonds. The minimum absolute atomic E-state index is 0.0454. The van der Waals surface area contributed by atoms with Crippen LogP contribution in [0.2, 0.25) is 0 Å². The van der Waals surface area contributed by atoms with Crippen LogP contribution in [0.5, 0.6) is 0 Å². The second-order valence-corrected chi connectivity index (χ2v) is 6.48. The molecule has 1 aliphatic heterocycles. The van der Waals surface area contributed by atoms with Crippen LogP contribution in [0.3, 0.4) is 0 Å². The molecule has 5 heteroatoms. The molecule has 2 rings (SSSR count). The summed E-state index contributed by atoms with van der Waals surface area (Å²) in [5, 5.41) is 13.8. The van der Waals surface area contributed by atoms with E-state index in [1.807, 2.05) is 38.1 Å². The molecule has 4 unspecified atom stereocenters. The number of hydrogen-bond acceptors (Lipinski definition) is 4. The monoisotopic (exact) mass is 342 g/mol. The zero-order chi connectivity index (χ0) is 18.6. The van der Waals surface area contributed by atoms with E-state index in [2.05, 4.69) is 11.9 Å². The number of benzene rings is 1. The summed E-state index contributed by atoms with van der Waals surface area (Å²) in [6, 6.07) is 6.73. The van der Waals surface area contributed by atoms with Crippen molar-refractivity contribution in [2.45, 2.75) is 25.9 Å². The molecule has 0 bridgehead atoms. The summed E-state index contributed by atoms with van der Waals surface area (Å²) in [5.41, 5.74) is 1.93. The van der Waals surface area contributed by atoms with Crippen LogP contribution >= 0.6 is 0 Å². The van der Waals surface area contributed by atoms with E-state index in [9.17, 15) is 14.7 Å². The predicted octanol–water partition coefficient (Wildman–Crippen LogP) is 2.33. The van der Waals surface area contributed by atoms with Gasteiger partial charge < -0.3 is 14.8 Å². The van der Waals surface area contributed by atoms with E-state index in [0.29, 0.717) is 6.54 Å². The fraction of sp³-hybridized carbons (Fsp3) is 0.400. The lowest BCUT2D eigenvalue weighted by Gasteiger charge is -2.24. The fourth-order valence-electron chi connectivity index (χ4n) is 3.28. The number of nitrogens with zero attached hydrogens (tertiary/aromatic N) is 1. The molecule has 0 aromatic heterocycles. The molecule has 1 aromatic carbocycles. The van der Waals surface area contributed by atoms with Crippen LogP contribution in [0.25, 0.3) is 6.08 Å². The van der Waals surface area contributed by atoms with Crippen molar-refractivity contribution in [3.63, 3.8) is 0 Å². The molecule has 2 N–H and O–H groups in total. The highest BCUT2D eigenvalue weighted by Gasteiger charge is 2.47. The number of aldehydes is 1. The lowest BCUT2D eigenvalue weighted by molar-refractivity contribution is -0.137. The van der Waals surface area contributed by atoms with Crippen molar-refractivity contribution in [2.24, 2.45) is 11.8 Å². The molecule has 1 saturated heterocycles. The van der Waals surface area contributed by atoms with Gasteiger partial charge in [-0.15, -0.1) is 6.58 Å². The van der Waals surface area contributed by atoms with Crippen LogP contribution in [0.15, 0.2) is 42.7 Å². The molecule has 0 aliphatic carbocycles. The van der Waals surface area contributed by atoms with E-state index in [1.54, 1.807) is 24.1 Å². The van der Waals surface area contributed by atoms with E-state index in [-0.39, 0.29) is 17.7 Å². The first kappa shape index (κ1) is 18.9. The molecule has 0 radical (unpaired) electrons. The van der Waals surface area contributed by atoms with Crippen molar-refractivity contribution in [1.29, 1.82) is 0 Å². The Morgan fingerprint density at radius 1 is 1.44 bits per heavy atom. The summed E-state index contributed by atoms with van der Waals surface area (Å²) in [4.78, 5) is 26.0. The van der Waals surface area contributed by atoms with E-state index < -0.39 is 17.9 Å². The summed E-state index contributed by atoms with van der Waals surface area (Å²) < 4.78 is 0. The lowest BCUT2D eigenvalue weighted by atomic mass is 9.86. The molecule has 1 aromatic rings. The Balaban J connectivity index is 2.33. The summed E-state index contributed by atoms with van der Waals surface area (Å²) >= 11 is 0. The third kappa shape index (κ3) is 3.99. The number of aryl methyl sites for hydroxylation is 1. The van der Waals surface area contributed by atoms with E-state index in [0.717, 1.165) is 17.4 Å². The molecule has 1 fully saturated rings. The van der Waals surface area contributed by atoms with Gasteiger partial charge in [-0.05, 0) is 25.5 Å². The average molecular weight is 342 g/mol. The Hall–Kier alpha value is -2.40. The third-order valence-corrected chi connectivity index (χ3v) is 4.78. The van der Waals surface area contributed by atoms with Crippen molar-refractivity contribution in [2.75, 3.05) is 13.6 Å². The smallest absolute Gasteiger partial charge is 0.228 e. The first-order valence-corrected chi connectivity index (χ1v) is 8.49. The molecule has 0 saturated carbocycles. The number of amides is 1. The van der Waals surface area contributed by atoms with Gasteiger partial charge in [0.15, 0.2) is 0 Å². The van der Waals surface area contributed by atoms with Crippen molar-refractivity contribution in [1.82, 2.24) is 10.2 Å². The van der Waals surface area contributed by atoms with Gasteiger partial charge in [0, 0.05) is 19.6 Å². The number of nitrogens with one attached hydrogen (secondary N) is 1. The quantitative estimate of drug-likeness (QED) is 0.473. The summed E-state index contributed by atoms with van der Waals surface area (Å²) in [5.74, 6) is -1.30. The third-order valence-electron chi connectivity index (χ3n) is 4.78. The normalized spacial score (nSPS) is 26.3. The summed E-state index contributed by atoms with van der Waals surface area (Å²) in [7, 11) is 1.71. The number of rotatable bonds is 6. The van der Waals surface area contributed by atoms with Gasteiger partial charge in [-0.25, -0.2) is 0 Å². The highest BCUT2D eigenvalue weighted by atomic mass is 16.3. The molecule has 134 valence electrons. The second-order valence-electron chi connectivity index (χ2n) is 6.48. The minimum Gasteiger partial charge on any atom is -0.511 e. The number of hydrogen-bond donors (Lipinski definition) is 2. The van der Waals surface area contributed by atoms with Crippen molar-refractivity contribution in [3.05, 3.63) is 53.8 Å². The molecule has 5 nitrogen and oxygen atoms in total. The molecular formula is C20H26N2O3. The van der Waals surface area contributed by atoms with Gasteiger partial charge in [0.1, 0.15) is 12.0 Å². The Kier molecular flexibility index (Phi) is 6.15. The number of aliphatic hydroxyl groups is 1. The zero-order valence-electron chi connectivity index (χ0n) is 15.0. The van der Waals surface area contributed by atoms with Crippen LogP contribution in [0.1, 0.15) is 18.1 Å². The van der Waals surface area contributed by atoms with Crippen LogP contribution in [-0.2, 0) is 9.59 Å². The molecule has 1 aliphatic rings. The van der Waals surface area contributed by atoms with Gasteiger partial charge in [0.2, 0.25) is 5.91 Å². The average Bonchev–Trinajstić information content (AvgIpc) is 2.99. The van der Waals surface area contributed by atoms with Gasteiger partial charge in [-0.1, -0.05) is 35.9 Å². The SMILES string of the molecule is C=CC1NC(/C(O)=C/c2cccc(C)c2)C(C=O)C1C(=O)N(C)CC. The predicted molar refractivity (Wildman–Crippen MR) is 99.0 cm³/mol. The summed E-state index contributed by atoms with van der Waals surface area (Å²) in [6.45, 7) is 8.18. The largest absolute Gasteiger partial charge is 0.511 e. The minimum atomic E-state index is -0.648. The van der Waals surface area contributed by atoms with E-state index >= 15 is 0 Å². The Bertz CT molecular complexity index is 683. The topological polar surface area (TPSA) is 69.6 Å². The van der Waals surface area contributed by atoms with Crippen LogP contribution in [0, 0.1) is 18.8 Å². The zero-order valence-corrected chi connectivity index (χ0v) is 15.0. The Morgan fingerprint density at radius 3 is 2.72 bits per heavy atom. The van der Waals surface area contributed by atoms with Crippen LogP contribution < -0.4 is 5.32 Å². The van der Waals surface area contributed by atoms with Crippen molar-refractivity contribution >= 4 is 18.3 Å². The highest BCUT2D eigenvalue weighted by molar-refractivity contribution is 5.84. The van der Waals surface area contributed by atoms with E-state index in [1.165, 1.54) is 0 Å². The number of aliphatic hydroxyl groups excluding tert-OH is 1. The van der Waals surface area contributed by atoms with Gasteiger partial charge in [-0.2, -0.15) is 0 Å². The Labute approximate surface area is 149 Å².